The van der Waals surface area contributed by atoms with Gasteiger partial charge in [-0.1, -0.05) is 19.9 Å². The highest BCUT2D eigenvalue weighted by Crippen LogP contribution is 2.28. The number of nitrogens with one attached hydrogen (secondary N) is 1. The second kappa shape index (κ2) is 5.73. The summed E-state index contributed by atoms with van der Waals surface area (Å²) in [6, 6.07) is 5.11. The minimum Gasteiger partial charge on any atom is -0.347 e. The van der Waals surface area contributed by atoms with Crippen molar-refractivity contribution in [1.29, 1.82) is 0 Å². The first-order chi connectivity index (χ1) is 9.45. The number of anilines is 2. The van der Waals surface area contributed by atoms with Crippen molar-refractivity contribution in [2.24, 2.45) is 5.92 Å². The predicted octanol–water partition coefficient (Wildman–Crippen LogP) is 3.50. The van der Waals surface area contributed by atoms with Gasteiger partial charge in [0.05, 0.1) is 16.8 Å². The fourth-order valence-corrected chi connectivity index (χ4v) is 1.96. The van der Waals surface area contributed by atoms with Crippen molar-refractivity contribution in [1.82, 2.24) is 9.78 Å². The molecule has 0 atom stereocenters. The Morgan fingerprint density at radius 1 is 1.45 bits per heavy atom. The van der Waals surface area contributed by atoms with Crippen LogP contribution in [0, 0.1) is 23.0 Å². The van der Waals surface area contributed by atoms with Crippen LogP contribution in [0.5, 0.6) is 0 Å². The highest BCUT2D eigenvalue weighted by molar-refractivity contribution is 5.69. The maximum Gasteiger partial charge on any atom is 0.292 e. The number of hydrogen-bond acceptors (Lipinski definition) is 4. The SMILES string of the molecule is Cc1ccc(Nc2cnn(CC(C)C)c2)c([N+](=O)[O-])c1. The van der Waals surface area contributed by atoms with Crippen LogP contribution in [0.15, 0.2) is 30.6 Å². The van der Waals surface area contributed by atoms with E-state index in [0.717, 1.165) is 17.8 Å². The number of nitro benzene ring substituents is 1. The highest BCUT2D eigenvalue weighted by Gasteiger charge is 2.14. The number of aromatic nitrogens is 2. The molecule has 0 bridgehead atoms. The summed E-state index contributed by atoms with van der Waals surface area (Å²) >= 11 is 0. The molecule has 0 aliphatic carbocycles. The lowest BCUT2D eigenvalue weighted by Gasteiger charge is -2.06. The van der Waals surface area contributed by atoms with Crippen LogP contribution in [0.25, 0.3) is 0 Å². The molecule has 0 amide bonds. The number of aryl methyl sites for hydroxylation is 1. The second-order valence-electron chi connectivity index (χ2n) is 5.25. The Morgan fingerprint density at radius 2 is 2.20 bits per heavy atom. The molecule has 106 valence electrons. The van der Waals surface area contributed by atoms with Crippen molar-refractivity contribution in [2.75, 3.05) is 5.32 Å². The van der Waals surface area contributed by atoms with Crippen LogP contribution >= 0.6 is 0 Å². The average molecular weight is 274 g/mol. The van der Waals surface area contributed by atoms with E-state index in [4.69, 9.17) is 0 Å². The van der Waals surface area contributed by atoms with E-state index in [2.05, 4.69) is 24.3 Å². The van der Waals surface area contributed by atoms with Crippen molar-refractivity contribution in [3.05, 3.63) is 46.3 Å². The molecule has 20 heavy (non-hydrogen) atoms. The van der Waals surface area contributed by atoms with Gasteiger partial charge in [-0.15, -0.1) is 0 Å². The van der Waals surface area contributed by atoms with Crippen molar-refractivity contribution < 1.29 is 4.92 Å². The maximum atomic E-state index is 11.1. The van der Waals surface area contributed by atoms with E-state index < -0.39 is 0 Å². The molecule has 1 N–H and O–H groups in total. The van der Waals surface area contributed by atoms with Gasteiger partial charge in [-0.3, -0.25) is 14.8 Å². The van der Waals surface area contributed by atoms with Gasteiger partial charge < -0.3 is 5.32 Å². The molecule has 1 heterocycles. The van der Waals surface area contributed by atoms with E-state index in [0.29, 0.717) is 11.6 Å². The number of hydrogen-bond donors (Lipinski definition) is 1. The van der Waals surface area contributed by atoms with Crippen LogP contribution < -0.4 is 5.32 Å². The van der Waals surface area contributed by atoms with Gasteiger partial charge in [0.2, 0.25) is 0 Å². The molecule has 1 aromatic carbocycles. The highest BCUT2D eigenvalue weighted by atomic mass is 16.6. The molecule has 0 unspecified atom stereocenters. The first kappa shape index (κ1) is 14.0. The number of rotatable bonds is 5. The third-order valence-electron chi connectivity index (χ3n) is 2.81. The monoisotopic (exact) mass is 274 g/mol. The zero-order chi connectivity index (χ0) is 14.7. The Morgan fingerprint density at radius 3 is 2.85 bits per heavy atom. The summed E-state index contributed by atoms with van der Waals surface area (Å²) in [5, 5.41) is 18.3. The zero-order valence-corrected chi connectivity index (χ0v) is 11.8. The molecule has 0 radical (unpaired) electrons. The Balaban J connectivity index is 2.21. The molecule has 2 rings (SSSR count). The number of benzene rings is 1. The van der Waals surface area contributed by atoms with Gasteiger partial charge in [0.15, 0.2) is 0 Å². The van der Waals surface area contributed by atoms with Crippen LogP contribution in [0.1, 0.15) is 19.4 Å². The summed E-state index contributed by atoms with van der Waals surface area (Å²) < 4.78 is 1.83. The van der Waals surface area contributed by atoms with E-state index in [1.165, 1.54) is 0 Å². The summed E-state index contributed by atoms with van der Waals surface area (Å²) in [7, 11) is 0. The molecule has 0 fully saturated rings. The van der Waals surface area contributed by atoms with Gasteiger partial charge in [0, 0.05) is 18.8 Å². The first-order valence-corrected chi connectivity index (χ1v) is 6.50. The lowest BCUT2D eigenvalue weighted by molar-refractivity contribution is -0.384. The molecule has 6 heteroatoms. The average Bonchev–Trinajstić information content (AvgIpc) is 2.77. The lowest BCUT2D eigenvalue weighted by atomic mass is 10.2. The lowest BCUT2D eigenvalue weighted by Crippen LogP contribution is -2.04. The minimum absolute atomic E-state index is 0.0709. The van der Waals surface area contributed by atoms with Gasteiger partial charge in [-0.25, -0.2) is 0 Å². The smallest absolute Gasteiger partial charge is 0.292 e. The third-order valence-corrected chi connectivity index (χ3v) is 2.81. The van der Waals surface area contributed by atoms with Crippen LogP contribution in [0.3, 0.4) is 0 Å². The van der Waals surface area contributed by atoms with E-state index in [1.54, 1.807) is 18.3 Å². The normalized spacial score (nSPS) is 10.8. The van der Waals surface area contributed by atoms with E-state index >= 15 is 0 Å². The summed E-state index contributed by atoms with van der Waals surface area (Å²) in [6.45, 7) is 6.87. The fraction of sp³-hybridized carbons (Fsp3) is 0.357. The molecular weight excluding hydrogens is 256 g/mol. The standard InChI is InChI=1S/C14H18N4O2/c1-10(2)8-17-9-12(7-15-17)16-13-5-4-11(3)6-14(13)18(19)20/h4-7,9-10,16H,8H2,1-3H3. The molecule has 2 aromatic rings. The Labute approximate surface area is 117 Å². The predicted molar refractivity (Wildman–Crippen MR) is 78.2 cm³/mol. The number of nitrogens with zero attached hydrogens (tertiary/aromatic N) is 3. The fourth-order valence-electron chi connectivity index (χ4n) is 1.96. The molecule has 0 aliphatic rings. The molecular formula is C14H18N4O2. The van der Waals surface area contributed by atoms with E-state index in [9.17, 15) is 10.1 Å². The van der Waals surface area contributed by atoms with Crippen LogP contribution in [-0.4, -0.2) is 14.7 Å². The van der Waals surface area contributed by atoms with Gasteiger partial charge in [-0.2, -0.15) is 5.10 Å². The summed E-state index contributed by atoms with van der Waals surface area (Å²) in [5.41, 5.74) is 2.15. The van der Waals surface area contributed by atoms with Crippen molar-refractivity contribution in [3.8, 4) is 0 Å². The van der Waals surface area contributed by atoms with Gasteiger partial charge in [-0.05, 0) is 24.5 Å². The van der Waals surface area contributed by atoms with E-state index in [-0.39, 0.29) is 10.6 Å². The number of nitro groups is 1. The molecule has 0 aliphatic heterocycles. The van der Waals surface area contributed by atoms with Crippen molar-refractivity contribution in [2.45, 2.75) is 27.3 Å². The van der Waals surface area contributed by atoms with Crippen LogP contribution in [0.4, 0.5) is 17.1 Å². The molecule has 0 saturated heterocycles. The summed E-state index contributed by atoms with van der Waals surface area (Å²) in [5.74, 6) is 0.497. The second-order valence-corrected chi connectivity index (χ2v) is 5.25. The van der Waals surface area contributed by atoms with Gasteiger partial charge in [0.1, 0.15) is 5.69 Å². The maximum absolute atomic E-state index is 11.1. The topological polar surface area (TPSA) is 73.0 Å². The largest absolute Gasteiger partial charge is 0.347 e. The molecule has 0 saturated carbocycles. The van der Waals surface area contributed by atoms with Crippen molar-refractivity contribution in [3.63, 3.8) is 0 Å². The molecule has 1 aromatic heterocycles. The van der Waals surface area contributed by atoms with E-state index in [1.807, 2.05) is 23.9 Å². The third kappa shape index (κ3) is 3.34. The van der Waals surface area contributed by atoms with Crippen molar-refractivity contribution >= 4 is 17.1 Å². The molecule has 6 nitrogen and oxygen atoms in total. The van der Waals surface area contributed by atoms with Crippen LogP contribution in [-0.2, 0) is 6.54 Å². The first-order valence-electron chi connectivity index (χ1n) is 6.50. The molecule has 0 spiro atoms. The summed E-state index contributed by atoms with van der Waals surface area (Å²) in [4.78, 5) is 10.7. The summed E-state index contributed by atoms with van der Waals surface area (Å²) in [6.07, 6.45) is 3.52. The minimum atomic E-state index is -0.381. The quantitative estimate of drug-likeness (QED) is 0.669. The Hall–Kier alpha value is -2.37. The Kier molecular flexibility index (Phi) is 4.02. The van der Waals surface area contributed by atoms with Gasteiger partial charge in [0.25, 0.3) is 5.69 Å². The Bertz CT molecular complexity index is 619. The zero-order valence-electron chi connectivity index (χ0n) is 11.8. The van der Waals surface area contributed by atoms with Gasteiger partial charge >= 0.3 is 0 Å². The van der Waals surface area contributed by atoms with Crippen LogP contribution in [0.2, 0.25) is 0 Å².